The Kier molecular flexibility index (Phi) is 16.0. The van der Waals surface area contributed by atoms with E-state index in [1.807, 2.05) is 26.0 Å². The molecule has 284 valence electrons. The van der Waals surface area contributed by atoms with Crippen LogP contribution in [0.4, 0.5) is 0 Å². The zero-order valence-electron chi connectivity index (χ0n) is 30.9. The van der Waals surface area contributed by atoms with Crippen molar-refractivity contribution in [3.8, 4) is 5.75 Å². The molecule has 0 aliphatic carbocycles. The van der Waals surface area contributed by atoms with E-state index in [1.54, 1.807) is 74.5 Å². The average Bonchev–Trinajstić information content (AvgIpc) is 3.10. The fraction of sp³-hybridized carbons (Fsp3) is 0.400. The Morgan fingerprint density at radius 2 is 1.04 bits per heavy atom. The van der Waals surface area contributed by atoms with Gasteiger partial charge in [0.2, 0.25) is 35.4 Å². The zero-order valence-corrected chi connectivity index (χ0v) is 30.9. The summed E-state index contributed by atoms with van der Waals surface area (Å²) in [4.78, 5) is 79.6. The van der Waals surface area contributed by atoms with Crippen LogP contribution in [0.2, 0.25) is 0 Å². The van der Waals surface area contributed by atoms with Gasteiger partial charge in [0.25, 0.3) is 0 Å². The second-order valence-corrected chi connectivity index (χ2v) is 14.0. The molecule has 0 aliphatic rings. The Morgan fingerprint density at radius 3 is 1.51 bits per heavy atom. The maximum Gasteiger partial charge on any atom is 0.243 e. The first-order valence-electron chi connectivity index (χ1n) is 17.8. The molecule has 0 fully saturated rings. The van der Waals surface area contributed by atoms with Gasteiger partial charge in [0.05, 0.1) is 6.42 Å². The molecule has 0 heterocycles. The second kappa shape index (κ2) is 20.4. The summed E-state index contributed by atoms with van der Waals surface area (Å²) < 4.78 is 0. The largest absolute Gasteiger partial charge is 0.508 e. The Balaban J connectivity index is 1.82. The smallest absolute Gasteiger partial charge is 0.243 e. The molecular weight excluding hydrogens is 676 g/mol. The van der Waals surface area contributed by atoms with Crippen molar-refractivity contribution in [3.05, 3.63) is 102 Å². The number of rotatable bonds is 19. The number of aromatic hydroxyl groups is 1. The number of hydrogen-bond acceptors (Lipinski definition) is 7. The third-order valence-electron chi connectivity index (χ3n) is 8.52. The van der Waals surface area contributed by atoms with E-state index >= 15 is 0 Å². The number of nitrogens with two attached hydrogens (primary N) is 1. The Morgan fingerprint density at radius 1 is 0.566 bits per heavy atom. The summed E-state index contributed by atoms with van der Waals surface area (Å²) in [5, 5.41) is 23.1. The Labute approximate surface area is 310 Å². The van der Waals surface area contributed by atoms with Gasteiger partial charge in [0, 0.05) is 12.8 Å². The van der Waals surface area contributed by atoms with E-state index in [0.29, 0.717) is 12.0 Å². The first-order chi connectivity index (χ1) is 25.1. The van der Waals surface area contributed by atoms with Crippen molar-refractivity contribution in [2.75, 3.05) is 0 Å². The third kappa shape index (κ3) is 14.1. The predicted molar refractivity (Wildman–Crippen MR) is 201 cm³/mol. The highest BCUT2D eigenvalue weighted by molar-refractivity contribution is 5.96. The van der Waals surface area contributed by atoms with Crippen LogP contribution in [0.5, 0.6) is 5.75 Å². The molecule has 0 saturated carbocycles. The van der Waals surface area contributed by atoms with Gasteiger partial charge < -0.3 is 37.4 Å². The molecular formula is C40H52N6O7. The minimum Gasteiger partial charge on any atom is -0.508 e. The lowest BCUT2D eigenvalue weighted by molar-refractivity contribution is -0.135. The van der Waals surface area contributed by atoms with E-state index in [0.717, 1.165) is 11.1 Å². The molecule has 0 unspecified atom stereocenters. The first-order valence-corrected chi connectivity index (χ1v) is 17.8. The maximum atomic E-state index is 14.0. The molecule has 0 bridgehead atoms. The standard InChI is InChI=1S/C40H52N6O7/c1-24(2)20-31(36(41)49)43-40(53)35(25(3)4)46-39(52)33(22-28-14-10-7-11-15-28)45-38(51)32(21-27-12-8-6-9-13-27)44-37(50)26(5)42-34(48)23-29-16-18-30(47)19-17-29/h6-19,24-26,31-33,35,47H,20-23H2,1-5H3,(H2,41,49)(H,42,48)(H,43,53)(H,44,50)(H,45,51)(H,46,52)/t26-,31-,32-,33-,35-/m1/s1. The van der Waals surface area contributed by atoms with E-state index in [1.165, 1.54) is 19.1 Å². The number of primary amides is 1. The molecule has 13 nitrogen and oxygen atoms in total. The maximum absolute atomic E-state index is 14.0. The van der Waals surface area contributed by atoms with Gasteiger partial charge in [-0.25, -0.2) is 0 Å². The normalized spacial score (nSPS) is 13.9. The molecule has 13 heteroatoms. The number of benzene rings is 3. The molecule has 0 saturated heterocycles. The third-order valence-corrected chi connectivity index (χ3v) is 8.52. The topological polar surface area (TPSA) is 209 Å². The summed E-state index contributed by atoms with van der Waals surface area (Å²) in [5.74, 6) is -3.88. The van der Waals surface area contributed by atoms with Crippen LogP contribution in [0.1, 0.15) is 57.7 Å². The molecule has 0 radical (unpaired) electrons. The summed E-state index contributed by atoms with van der Waals surface area (Å²) >= 11 is 0. The van der Waals surface area contributed by atoms with Crippen molar-refractivity contribution in [3.63, 3.8) is 0 Å². The average molecular weight is 729 g/mol. The van der Waals surface area contributed by atoms with Gasteiger partial charge in [0.15, 0.2) is 0 Å². The summed E-state index contributed by atoms with van der Waals surface area (Å²) in [6.07, 6.45) is 0.436. The van der Waals surface area contributed by atoms with E-state index in [-0.39, 0.29) is 30.9 Å². The van der Waals surface area contributed by atoms with Crippen molar-refractivity contribution in [2.45, 2.75) is 90.5 Å². The highest BCUT2D eigenvalue weighted by Gasteiger charge is 2.33. The van der Waals surface area contributed by atoms with Crippen LogP contribution in [-0.4, -0.2) is 70.8 Å². The van der Waals surface area contributed by atoms with Gasteiger partial charge in [-0.1, -0.05) is 100 Å². The van der Waals surface area contributed by atoms with Gasteiger partial charge in [0.1, 0.15) is 36.0 Å². The monoisotopic (exact) mass is 728 g/mol. The molecule has 6 amide bonds. The SMILES string of the molecule is CC(C)C[C@@H](NC(=O)[C@H](NC(=O)[C@@H](Cc1ccccc1)NC(=O)[C@@H](Cc1ccccc1)NC(=O)[C@@H](C)NC(=O)Cc1ccc(O)cc1)C(C)C)C(N)=O. The summed E-state index contributed by atoms with van der Waals surface area (Å²) in [6, 6.07) is 18.8. The summed E-state index contributed by atoms with van der Waals surface area (Å²) in [6.45, 7) is 8.77. The zero-order chi connectivity index (χ0) is 39.1. The van der Waals surface area contributed by atoms with Crippen LogP contribution in [0, 0.1) is 11.8 Å². The number of carbonyl (C=O) groups excluding carboxylic acids is 6. The van der Waals surface area contributed by atoms with Crippen LogP contribution in [0.3, 0.4) is 0 Å². The molecule has 0 aromatic heterocycles. The van der Waals surface area contributed by atoms with Crippen molar-refractivity contribution in [1.29, 1.82) is 0 Å². The minimum atomic E-state index is -1.17. The molecule has 0 aliphatic heterocycles. The molecule has 3 rings (SSSR count). The lowest BCUT2D eigenvalue weighted by Crippen LogP contribution is -2.60. The van der Waals surface area contributed by atoms with Gasteiger partial charge >= 0.3 is 0 Å². The highest BCUT2D eigenvalue weighted by atomic mass is 16.3. The summed E-state index contributed by atoms with van der Waals surface area (Å²) in [7, 11) is 0. The minimum absolute atomic E-state index is 0.0294. The number of carbonyl (C=O) groups is 6. The van der Waals surface area contributed by atoms with Crippen LogP contribution in [0.15, 0.2) is 84.9 Å². The van der Waals surface area contributed by atoms with Crippen molar-refractivity contribution >= 4 is 35.4 Å². The van der Waals surface area contributed by atoms with Crippen molar-refractivity contribution in [2.24, 2.45) is 17.6 Å². The van der Waals surface area contributed by atoms with Crippen LogP contribution < -0.4 is 32.3 Å². The number of amides is 6. The lowest BCUT2D eigenvalue weighted by atomic mass is 9.98. The number of phenolic OH excluding ortho intramolecular Hbond substituents is 1. The number of hydrogen-bond donors (Lipinski definition) is 7. The predicted octanol–water partition coefficient (Wildman–Crippen LogP) is 2.05. The Bertz CT molecular complexity index is 1680. The number of nitrogens with one attached hydrogen (secondary N) is 5. The van der Waals surface area contributed by atoms with E-state index < -0.39 is 71.6 Å². The second-order valence-electron chi connectivity index (χ2n) is 14.0. The molecule has 5 atom stereocenters. The quantitative estimate of drug-likeness (QED) is 0.0977. The van der Waals surface area contributed by atoms with Crippen LogP contribution in [0.25, 0.3) is 0 Å². The molecule has 8 N–H and O–H groups in total. The molecule has 53 heavy (non-hydrogen) atoms. The van der Waals surface area contributed by atoms with E-state index in [9.17, 15) is 33.9 Å². The van der Waals surface area contributed by atoms with Gasteiger partial charge in [-0.2, -0.15) is 0 Å². The van der Waals surface area contributed by atoms with Crippen LogP contribution in [-0.2, 0) is 48.0 Å². The first kappa shape index (κ1) is 41.7. The Hall–Kier alpha value is -5.72. The molecule has 3 aromatic rings. The highest BCUT2D eigenvalue weighted by Crippen LogP contribution is 2.12. The molecule has 0 spiro atoms. The van der Waals surface area contributed by atoms with Gasteiger partial charge in [-0.05, 0) is 54.0 Å². The van der Waals surface area contributed by atoms with Crippen molar-refractivity contribution in [1.82, 2.24) is 26.6 Å². The van der Waals surface area contributed by atoms with E-state index in [2.05, 4.69) is 26.6 Å². The fourth-order valence-electron chi connectivity index (χ4n) is 5.61. The lowest BCUT2D eigenvalue weighted by Gasteiger charge is -2.28. The van der Waals surface area contributed by atoms with Gasteiger partial charge in [-0.15, -0.1) is 0 Å². The van der Waals surface area contributed by atoms with Crippen molar-refractivity contribution < 1.29 is 33.9 Å². The van der Waals surface area contributed by atoms with Gasteiger partial charge in [-0.3, -0.25) is 28.8 Å². The van der Waals surface area contributed by atoms with Crippen LogP contribution >= 0.6 is 0 Å². The summed E-state index contributed by atoms with van der Waals surface area (Å²) in [5.41, 5.74) is 7.66. The molecule has 3 aromatic carbocycles. The fourth-order valence-corrected chi connectivity index (χ4v) is 5.61. The van der Waals surface area contributed by atoms with E-state index in [4.69, 9.17) is 5.73 Å². The number of phenols is 1.